The standard InChI is InChI=1S/C29H30N2O3S/c1-6-21-11-13-23(14-12-21)30-28-26(29(33)34-7-2)27(32)25(35-28)17-22-16-19(4)31(20(22)5)24-10-8-9-18(3)15-24/h8-17,32H,6-7H2,1-5H3. The van der Waals surface area contributed by atoms with Gasteiger partial charge in [-0.2, -0.15) is 0 Å². The van der Waals surface area contributed by atoms with Crippen LogP contribution in [-0.4, -0.2) is 27.3 Å². The van der Waals surface area contributed by atoms with E-state index in [1.807, 2.05) is 36.4 Å². The average Bonchev–Trinajstić information content (AvgIpc) is 3.29. The van der Waals surface area contributed by atoms with Crippen molar-refractivity contribution in [3.63, 3.8) is 0 Å². The molecule has 35 heavy (non-hydrogen) atoms. The molecule has 1 aliphatic rings. The molecule has 1 N–H and O–H groups in total. The molecule has 0 aliphatic carbocycles. The first-order valence-corrected chi connectivity index (χ1v) is 12.6. The summed E-state index contributed by atoms with van der Waals surface area (Å²) in [5.41, 5.74) is 7.42. The summed E-state index contributed by atoms with van der Waals surface area (Å²) in [7, 11) is 0. The van der Waals surface area contributed by atoms with Crippen molar-refractivity contribution in [1.29, 1.82) is 0 Å². The van der Waals surface area contributed by atoms with Crippen LogP contribution in [0.15, 0.2) is 75.8 Å². The number of carbonyl (C=O) groups is 1. The molecule has 0 radical (unpaired) electrons. The first-order valence-electron chi connectivity index (χ1n) is 11.8. The summed E-state index contributed by atoms with van der Waals surface area (Å²) >= 11 is 1.28. The molecule has 180 valence electrons. The first kappa shape index (κ1) is 24.6. The van der Waals surface area contributed by atoms with E-state index in [0.717, 1.165) is 34.7 Å². The number of ether oxygens (including phenoxy) is 1. The van der Waals surface area contributed by atoms with E-state index in [1.54, 1.807) is 6.92 Å². The molecule has 0 unspecified atom stereocenters. The van der Waals surface area contributed by atoms with Crippen LogP contribution in [0.2, 0.25) is 0 Å². The summed E-state index contributed by atoms with van der Waals surface area (Å²) in [4.78, 5) is 18.0. The predicted octanol–water partition coefficient (Wildman–Crippen LogP) is 7.16. The van der Waals surface area contributed by atoms with Gasteiger partial charge in [0.15, 0.2) is 0 Å². The Balaban J connectivity index is 1.76. The van der Waals surface area contributed by atoms with Crippen molar-refractivity contribution in [2.45, 2.75) is 41.0 Å². The first-order chi connectivity index (χ1) is 16.8. The van der Waals surface area contributed by atoms with Crippen molar-refractivity contribution in [3.05, 3.63) is 98.9 Å². The molecule has 2 aromatic carbocycles. The Morgan fingerprint density at radius 3 is 2.49 bits per heavy atom. The quantitative estimate of drug-likeness (QED) is 0.376. The number of aliphatic imine (C=N–C) groups is 1. The number of hydrogen-bond donors (Lipinski definition) is 1. The van der Waals surface area contributed by atoms with E-state index in [1.165, 1.54) is 22.9 Å². The van der Waals surface area contributed by atoms with E-state index in [-0.39, 0.29) is 17.9 Å². The molecule has 0 saturated carbocycles. The monoisotopic (exact) mass is 486 g/mol. The Hall–Kier alpha value is -3.51. The van der Waals surface area contributed by atoms with Gasteiger partial charge in [0.2, 0.25) is 0 Å². The molecule has 1 aromatic heterocycles. The maximum atomic E-state index is 12.7. The van der Waals surface area contributed by atoms with E-state index in [9.17, 15) is 9.90 Å². The van der Waals surface area contributed by atoms with Crippen LogP contribution in [-0.2, 0) is 16.0 Å². The molecular formula is C29H30N2O3S. The highest BCUT2D eigenvalue weighted by molar-refractivity contribution is 8.18. The van der Waals surface area contributed by atoms with Crippen LogP contribution < -0.4 is 0 Å². The van der Waals surface area contributed by atoms with Crippen LogP contribution in [0, 0.1) is 20.8 Å². The van der Waals surface area contributed by atoms with Crippen LogP contribution in [0.1, 0.15) is 41.9 Å². The van der Waals surface area contributed by atoms with E-state index >= 15 is 0 Å². The van der Waals surface area contributed by atoms with Gasteiger partial charge in [-0.15, -0.1) is 0 Å². The lowest BCUT2D eigenvalue weighted by Gasteiger charge is -2.10. The summed E-state index contributed by atoms with van der Waals surface area (Å²) in [5.74, 6) is -0.673. The van der Waals surface area contributed by atoms with Gasteiger partial charge in [-0.05, 0) is 87.2 Å². The number of nitrogens with zero attached hydrogens (tertiary/aromatic N) is 2. The number of thioether (sulfide) groups is 1. The van der Waals surface area contributed by atoms with Crippen LogP contribution in [0.3, 0.4) is 0 Å². The minimum absolute atomic E-state index is 0.0993. The summed E-state index contributed by atoms with van der Waals surface area (Å²) < 4.78 is 7.42. The van der Waals surface area contributed by atoms with Crippen LogP contribution in [0.25, 0.3) is 11.8 Å². The second-order valence-corrected chi connectivity index (χ2v) is 9.52. The third-order valence-corrected chi connectivity index (χ3v) is 6.98. The number of aliphatic hydroxyl groups excluding tert-OH is 1. The van der Waals surface area contributed by atoms with Crippen molar-refractivity contribution < 1.29 is 14.6 Å². The number of esters is 1. The van der Waals surface area contributed by atoms with Gasteiger partial charge < -0.3 is 14.4 Å². The van der Waals surface area contributed by atoms with Crippen molar-refractivity contribution in [2.75, 3.05) is 6.61 Å². The smallest absolute Gasteiger partial charge is 0.344 e. The number of hydrogen-bond acceptors (Lipinski definition) is 5. The molecule has 3 aromatic rings. The Bertz CT molecular complexity index is 1360. The van der Waals surface area contributed by atoms with E-state index in [2.05, 4.69) is 61.5 Å². The number of aryl methyl sites for hydroxylation is 3. The normalized spacial score (nSPS) is 15.9. The fourth-order valence-corrected chi connectivity index (χ4v) is 5.18. The van der Waals surface area contributed by atoms with Crippen molar-refractivity contribution in [1.82, 2.24) is 4.57 Å². The lowest BCUT2D eigenvalue weighted by molar-refractivity contribution is -0.138. The molecule has 0 spiro atoms. The highest BCUT2D eigenvalue weighted by atomic mass is 32.2. The minimum Gasteiger partial charge on any atom is -0.506 e. The van der Waals surface area contributed by atoms with Gasteiger partial charge in [-0.25, -0.2) is 9.79 Å². The fourth-order valence-electron chi connectivity index (χ4n) is 4.15. The molecule has 0 saturated heterocycles. The molecule has 5 nitrogen and oxygen atoms in total. The van der Waals surface area contributed by atoms with Crippen LogP contribution in [0.5, 0.6) is 0 Å². The SMILES string of the molecule is CCOC(=O)C1=C(O)C(=Cc2cc(C)n(-c3cccc(C)c3)c2C)SC1=Nc1ccc(CC)cc1. The summed E-state index contributed by atoms with van der Waals surface area (Å²) in [6.45, 7) is 10.3. The van der Waals surface area contributed by atoms with E-state index < -0.39 is 5.97 Å². The topological polar surface area (TPSA) is 63.8 Å². The predicted molar refractivity (Wildman–Crippen MR) is 145 cm³/mol. The summed E-state index contributed by atoms with van der Waals surface area (Å²) in [6, 6.07) is 18.3. The molecule has 0 bridgehead atoms. The molecule has 2 heterocycles. The van der Waals surface area contributed by atoms with E-state index in [0.29, 0.717) is 9.95 Å². The van der Waals surface area contributed by atoms with Gasteiger partial charge in [-0.1, -0.05) is 43.0 Å². The van der Waals surface area contributed by atoms with Gasteiger partial charge in [0.05, 0.1) is 17.2 Å². The Kier molecular flexibility index (Phi) is 7.31. The van der Waals surface area contributed by atoms with Gasteiger partial charge in [-0.3, -0.25) is 0 Å². The number of carbonyl (C=O) groups excluding carboxylic acids is 1. The Morgan fingerprint density at radius 1 is 1.09 bits per heavy atom. The summed E-state index contributed by atoms with van der Waals surface area (Å²) in [6.07, 6.45) is 2.85. The van der Waals surface area contributed by atoms with E-state index in [4.69, 9.17) is 4.74 Å². The molecule has 4 rings (SSSR count). The van der Waals surface area contributed by atoms with Crippen molar-refractivity contribution in [2.24, 2.45) is 4.99 Å². The van der Waals surface area contributed by atoms with Crippen molar-refractivity contribution >= 4 is 34.5 Å². The molecule has 1 aliphatic heterocycles. The number of aromatic nitrogens is 1. The largest absolute Gasteiger partial charge is 0.506 e. The minimum atomic E-state index is -0.574. The lowest BCUT2D eigenvalue weighted by Crippen LogP contribution is -2.12. The highest BCUT2D eigenvalue weighted by Crippen LogP contribution is 2.41. The molecule has 0 amide bonds. The molecule has 0 atom stereocenters. The van der Waals surface area contributed by atoms with Crippen LogP contribution >= 0.6 is 11.8 Å². The zero-order chi connectivity index (χ0) is 25.1. The zero-order valence-electron chi connectivity index (χ0n) is 20.8. The number of rotatable bonds is 6. The zero-order valence-corrected chi connectivity index (χ0v) is 21.6. The second-order valence-electron chi connectivity index (χ2n) is 8.49. The number of benzene rings is 2. The van der Waals surface area contributed by atoms with Crippen molar-refractivity contribution in [3.8, 4) is 5.69 Å². The molecule has 0 fully saturated rings. The summed E-state index contributed by atoms with van der Waals surface area (Å²) in [5, 5.41) is 11.5. The van der Waals surface area contributed by atoms with Gasteiger partial charge in [0, 0.05) is 17.1 Å². The fraction of sp³-hybridized carbons (Fsp3) is 0.241. The Morgan fingerprint density at radius 2 is 1.83 bits per heavy atom. The molecular weight excluding hydrogens is 456 g/mol. The van der Waals surface area contributed by atoms with Gasteiger partial charge in [0.25, 0.3) is 0 Å². The number of aliphatic hydroxyl groups is 1. The Labute approximate surface area is 210 Å². The third kappa shape index (κ3) is 5.13. The lowest BCUT2D eigenvalue weighted by atomic mass is 10.1. The average molecular weight is 487 g/mol. The second kappa shape index (κ2) is 10.4. The van der Waals surface area contributed by atoms with Gasteiger partial charge >= 0.3 is 5.97 Å². The molecule has 6 heteroatoms. The maximum absolute atomic E-state index is 12.7. The maximum Gasteiger partial charge on any atom is 0.344 e. The van der Waals surface area contributed by atoms with Crippen LogP contribution in [0.4, 0.5) is 5.69 Å². The third-order valence-electron chi connectivity index (χ3n) is 5.96. The highest BCUT2D eigenvalue weighted by Gasteiger charge is 2.33. The van der Waals surface area contributed by atoms with Gasteiger partial charge in [0.1, 0.15) is 16.4 Å².